The lowest BCUT2D eigenvalue weighted by Gasteiger charge is -2.20. The maximum atomic E-state index is 14.1. The van der Waals surface area contributed by atoms with Crippen LogP contribution in [0.3, 0.4) is 0 Å². The molecule has 26 heavy (non-hydrogen) atoms. The molecule has 3 rings (SSSR count). The van der Waals surface area contributed by atoms with Gasteiger partial charge in [0.15, 0.2) is 5.13 Å². The first-order valence-corrected chi connectivity index (χ1v) is 8.95. The van der Waals surface area contributed by atoms with Gasteiger partial charge in [0.25, 0.3) is 0 Å². The number of aromatic nitrogens is 2. The van der Waals surface area contributed by atoms with E-state index >= 15 is 0 Å². The van der Waals surface area contributed by atoms with E-state index in [-0.39, 0.29) is 17.4 Å². The van der Waals surface area contributed by atoms with Crippen molar-refractivity contribution in [1.82, 2.24) is 9.97 Å². The summed E-state index contributed by atoms with van der Waals surface area (Å²) in [5, 5.41) is 5.00. The molecule has 3 aromatic rings. The van der Waals surface area contributed by atoms with Crippen LogP contribution >= 0.6 is 11.3 Å². The van der Waals surface area contributed by atoms with Crippen molar-refractivity contribution < 1.29 is 13.6 Å². The van der Waals surface area contributed by atoms with Crippen LogP contribution in [0.25, 0.3) is 11.3 Å². The minimum absolute atomic E-state index is 0.171. The minimum Gasteiger partial charge on any atom is -0.301 e. The summed E-state index contributed by atoms with van der Waals surface area (Å²) in [6.45, 7) is 3.63. The molecule has 1 N–H and O–H groups in total. The van der Waals surface area contributed by atoms with Gasteiger partial charge in [0.2, 0.25) is 5.91 Å². The van der Waals surface area contributed by atoms with E-state index in [1.165, 1.54) is 17.4 Å². The average Bonchev–Trinajstić information content (AvgIpc) is 3.06. The van der Waals surface area contributed by atoms with Crippen molar-refractivity contribution in [2.45, 2.75) is 19.8 Å². The fourth-order valence-electron chi connectivity index (χ4n) is 2.73. The molecule has 0 bridgehead atoms. The van der Waals surface area contributed by atoms with Crippen molar-refractivity contribution in [3.8, 4) is 11.3 Å². The van der Waals surface area contributed by atoms with Gasteiger partial charge in [-0.2, -0.15) is 0 Å². The number of amides is 1. The van der Waals surface area contributed by atoms with E-state index in [4.69, 9.17) is 0 Å². The molecule has 0 saturated carbocycles. The van der Waals surface area contributed by atoms with Gasteiger partial charge >= 0.3 is 0 Å². The van der Waals surface area contributed by atoms with E-state index < -0.39 is 17.6 Å². The predicted molar refractivity (Wildman–Crippen MR) is 97.9 cm³/mol. The standard InChI is InChI=1S/C19H17F2N3OS/c1-11(2)17(14-4-3-13(20)9-15(14)21)18(25)24-19-23-16(10-26-19)12-5-7-22-8-6-12/h3-11,17H,1-2H3,(H,23,24,25). The highest BCUT2D eigenvalue weighted by atomic mass is 32.1. The maximum Gasteiger partial charge on any atom is 0.234 e. The van der Waals surface area contributed by atoms with Gasteiger partial charge in [0.1, 0.15) is 11.6 Å². The molecule has 1 atom stereocenters. The molecule has 2 heterocycles. The topological polar surface area (TPSA) is 54.9 Å². The fourth-order valence-corrected chi connectivity index (χ4v) is 3.45. The second-order valence-electron chi connectivity index (χ2n) is 6.15. The number of rotatable bonds is 5. The number of halogens is 2. The zero-order chi connectivity index (χ0) is 18.7. The third-order valence-electron chi connectivity index (χ3n) is 3.96. The van der Waals surface area contributed by atoms with Crippen LogP contribution in [-0.4, -0.2) is 15.9 Å². The van der Waals surface area contributed by atoms with Crippen LogP contribution < -0.4 is 5.32 Å². The number of hydrogen-bond acceptors (Lipinski definition) is 4. The summed E-state index contributed by atoms with van der Waals surface area (Å²) in [4.78, 5) is 21.1. The molecule has 0 aliphatic carbocycles. The summed E-state index contributed by atoms with van der Waals surface area (Å²) >= 11 is 1.29. The molecule has 1 aromatic carbocycles. The van der Waals surface area contributed by atoms with Crippen LogP contribution in [0.2, 0.25) is 0 Å². The molecule has 0 aliphatic rings. The largest absolute Gasteiger partial charge is 0.301 e. The summed E-state index contributed by atoms with van der Waals surface area (Å²) in [5.41, 5.74) is 1.79. The Morgan fingerprint density at radius 1 is 1.15 bits per heavy atom. The van der Waals surface area contributed by atoms with Crippen molar-refractivity contribution in [2.75, 3.05) is 5.32 Å². The molecule has 7 heteroatoms. The molecular weight excluding hydrogens is 356 g/mol. The number of nitrogens with one attached hydrogen (secondary N) is 1. The van der Waals surface area contributed by atoms with Crippen LogP contribution in [0.4, 0.5) is 13.9 Å². The van der Waals surface area contributed by atoms with E-state index in [1.54, 1.807) is 12.4 Å². The van der Waals surface area contributed by atoms with Crippen molar-refractivity contribution in [3.63, 3.8) is 0 Å². The summed E-state index contributed by atoms with van der Waals surface area (Å²) < 4.78 is 27.3. The zero-order valence-electron chi connectivity index (χ0n) is 14.2. The third-order valence-corrected chi connectivity index (χ3v) is 4.71. The summed E-state index contributed by atoms with van der Waals surface area (Å²) in [6.07, 6.45) is 3.33. The van der Waals surface area contributed by atoms with Gasteiger partial charge in [0.05, 0.1) is 11.6 Å². The number of thiazole rings is 1. The number of carbonyl (C=O) groups is 1. The predicted octanol–water partition coefficient (Wildman–Crippen LogP) is 4.86. The lowest BCUT2D eigenvalue weighted by Crippen LogP contribution is -2.26. The Balaban J connectivity index is 1.82. The molecule has 1 unspecified atom stereocenters. The lowest BCUT2D eigenvalue weighted by molar-refractivity contribution is -0.118. The summed E-state index contributed by atoms with van der Waals surface area (Å²) in [6, 6.07) is 6.92. The molecular formula is C19H17F2N3OS. The van der Waals surface area contributed by atoms with Gasteiger partial charge < -0.3 is 5.32 Å². The molecule has 4 nitrogen and oxygen atoms in total. The Hall–Kier alpha value is -2.67. The second-order valence-corrected chi connectivity index (χ2v) is 7.01. The van der Waals surface area contributed by atoms with Crippen LogP contribution in [-0.2, 0) is 4.79 Å². The minimum atomic E-state index is -0.746. The molecule has 0 aliphatic heterocycles. The quantitative estimate of drug-likeness (QED) is 0.695. The van der Waals surface area contributed by atoms with Gasteiger partial charge in [-0.15, -0.1) is 11.3 Å². The zero-order valence-corrected chi connectivity index (χ0v) is 15.1. The summed E-state index contributed by atoms with van der Waals surface area (Å²) in [7, 11) is 0. The van der Waals surface area contributed by atoms with Crippen LogP contribution in [0.5, 0.6) is 0 Å². The molecule has 0 radical (unpaired) electrons. The maximum absolute atomic E-state index is 14.1. The highest BCUT2D eigenvalue weighted by Crippen LogP contribution is 2.30. The number of carbonyl (C=O) groups excluding carboxylic acids is 1. The van der Waals surface area contributed by atoms with Crippen LogP contribution in [0.15, 0.2) is 48.1 Å². The molecule has 1 amide bonds. The molecule has 134 valence electrons. The lowest BCUT2D eigenvalue weighted by atomic mass is 9.87. The SMILES string of the molecule is CC(C)C(C(=O)Nc1nc(-c2ccncc2)cs1)c1ccc(F)cc1F. The van der Waals surface area contributed by atoms with E-state index in [2.05, 4.69) is 15.3 Å². The first-order valence-electron chi connectivity index (χ1n) is 8.07. The number of pyridine rings is 1. The number of anilines is 1. The van der Waals surface area contributed by atoms with Gasteiger partial charge in [-0.05, 0) is 24.1 Å². The first-order chi connectivity index (χ1) is 12.5. The smallest absolute Gasteiger partial charge is 0.234 e. The van der Waals surface area contributed by atoms with E-state index in [9.17, 15) is 13.6 Å². The Kier molecular flexibility index (Phi) is 5.37. The Morgan fingerprint density at radius 2 is 1.88 bits per heavy atom. The second kappa shape index (κ2) is 7.70. The van der Waals surface area contributed by atoms with Crippen molar-refractivity contribution in [2.24, 2.45) is 5.92 Å². The van der Waals surface area contributed by atoms with Gasteiger partial charge in [0, 0.05) is 35.0 Å². The molecule has 0 fully saturated rings. The van der Waals surface area contributed by atoms with E-state index in [0.717, 1.165) is 23.4 Å². The molecule has 0 spiro atoms. The first kappa shape index (κ1) is 18.1. The van der Waals surface area contributed by atoms with E-state index in [0.29, 0.717) is 5.13 Å². The average molecular weight is 373 g/mol. The Bertz CT molecular complexity index is 912. The normalized spacial score (nSPS) is 12.2. The third kappa shape index (κ3) is 3.94. The van der Waals surface area contributed by atoms with Crippen LogP contribution in [0, 0.1) is 17.6 Å². The van der Waals surface area contributed by atoms with Crippen LogP contribution in [0.1, 0.15) is 25.3 Å². The monoisotopic (exact) mass is 373 g/mol. The highest BCUT2D eigenvalue weighted by molar-refractivity contribution is 7.14. The molecule has 0 saturated heterocycles. The van der Waals surface area contributed by atoms with Crippen molar-refractivity contribution in [3.05, 3.63) is 65.3 Å². The summed E-state index contributed by atoms with van der Waals surface area (Å²) in [5.74, 6) is -2.69. The Morgan fingerprint density at radius 3 is 2.54 bits per heavy atom. The Labute approximate surface area is 153 Å². The fraction of sp³-hybridized carbons (Fsp3) is 0.211. The number of benzene rings is 1. The number of nitrogens with zero attached hydrogens (tertiary/aromatic N) is 2. The van der Waals surface area contributed by atoms with Gasteiger partial charge in [-0.1, -0.05) is 19.9 Å². The molecule has 2 aromatic heterocycles. The van der Waals surface area contributed by atoms with Crippen molar-refractivity contribution >= 4 is 22.4 Å². The van der Waals surface area contributed by atoms with Gasteiger partial charge in [-0.3, -0.25) is 9.78 Å². The highest BCUT2D eigenvalue weighted by Gasteiger charge is 2.28. The van der Waals surface area contributed by atoms with Crippen molar-refractivity contribution in [1.29, 1.82) is 0 Å². The number of hydrogen-bond donors (Lipinski definition) is 1. The van der Waals surface area contributed by atoms with Gasteiger partial charge in [-0.25, -0.2) is 13.8 Å². The van der Waals surface area contributed by atoms with E-state index in [1.807, 2.05) is 31.4 Å².